The van der Waals surface area contributed by atoms with Crippen molar-refractivity contribution in [1.82, 2.24) is 4.90 Å². The summed E-state index contributed by atoms with van der Waals surface area (Å²) in [6.45, 7) is 6.91. The second-order valence-electron chi connectivity index (χ2n) is 3.38. The monoisotopic (exact) mass is 175 g/mol. The molecule has 0 bridgehead atoms. The van der Waals surface area contributed by atoms with E-state index < -0.39 is 0 Å². The average Bonchev–Trinajstić information content (AvgIpc) is 2.18. The van der Waals surface area contributed by atoms with Crippen molar-refractivity contribution >= 4 is 0 Å². The van der Waals surface area contributed by atoms with Crippen LogP contribution in [0.15, 0.2) is 43.0 Å². The molecule has 0 saturated carbocycles. The minimum atomic E-state index is 0.431. The van der Waals surface area contributed by atoms with E-state index in [4.69, 9.17) is 0 Å². The van der Waals surface area contributed by atoms with Crippen LogP contribution in [0.3, 0.4) is 0 Å². The van der Waals surface area contributed by atoms with Crippen LogP contribution < -0.4 is 0 Å². The number of nitrogens with zero attached hydrogens (tertiary/aromatic N) is 1. The topological polar surface area (TPSA) is 3.24 Å². The molecular weight excluding hydrogens is 158 g/mol. The highest BCUT2D eigenvalue weighted by Crippen LogP contribution is 2.05. The van der Waals surface area contributed by atoms with Crippen molar-refractivity contribution in [2.45, 2.75) is 19.5 Å². The maximum absolute atomic E-state index is 3.78. The zero-order chi connectivity index (χ0) is 9.68. The molecule has 0 amide bonds. The third-order valence-electron chi connectivity index (χ3n) is 2.31. The third-order valence-corrected chi connectivity index (χ3v) is 2.31. The van der Waals surface area contributed by atoms with Gasteiger partial charge >= 0.3 is 0 Å². The molecular formula is C12H17N. The van der Waals surface area contributed by atoms with Gasteiger partial charge in [0.25, 0.3) is 0 Å². The molecule has 0 spiro atoms. The SMILES string of the molecule is C=CC(C)N(C)Cc1ccccc1. The van der Waals surface area contributed by atoms with Gasteiger partial charge in [-0.15, -0.1) is 6.58 Å². The molecule has 70 valence electrons. The van der Waals surface area contributed by atoms with E-state index in [0.29, 0.717) is 6.04 Å². The van der Waals surface area contributed by atoms with Gasteiger partial charge < -0.3 is 0 Å². The van der Waals surface area contributed by atoms with Crippen molar-refractivity contribution in [3.8, 4) is 0 Å². The second-order valence-corrected chi connectivity index (χ2v) is 3.38. The summed E-state index contributed by atoms with van der Waals surface area (Å²) < 4.78 is 0. The zero-order valence-corrected chi connectivity index (χ0v) is 8.40. The lowest BCUT2D eigenvalue weighted by Gasteiger charge is -2.21. The van der Waals surface area contributed by atoms with E-state index in [-0.39, 0.29) is 0 Å². The van der Waals surface area contributed by atoms with Crippen LogP contribution in [0.1, 0.15) is 12.5 Å². The molecule has 0 heterocycles. The summed E-state index contributed by atoms with van der Waals surface area (Å²) in [4.78, 5) is 2.27. The Hall–Kier alpha value is -1.08. The minimum absolute atomic E-state index is 0.431. The van der Waals surface area contributed by atoms with Gasteiger partial charge in [-0.1, -0.05) is 36.4 Å². The Morgan fingerprint density at radius 2 is 2.00 bits per heavy atom. The van der Waals surface area contributed by atoms with E-state index in [1.165, 1.54) is 5.56 Å². The highest BCUT2D eigenvalue weighted by molar-refractivity contribution is 5.14. The fourth-order valence-electron chi connectivity index (χ4n) is 1.20. The van der Waals surface area contributed by atoms with Gasteiger partial charge in [0.1, 0.15) is 0 Å². The second kappa shape index (κ2) is 4.83. The third kappa shape index (κ3) is 3.03. The molecule has 1 unspecified atom stereocenters. The molecule has 1 nitrogen and oxygen atoms in total. The molecule has 0 N–H and O–H groups in total. The molecule has 1 rings (SSSR count). The number of likely N-dealkylation sites (N-methyl/N-ethyl adjacent to an activating group) is 1. The van der Waals surface area contributed by atoms with Crippen molar-refractivity contribution < 1.29 is 0 Å². The van der Waals surface area contributed by atoms with Gasteiger partial charge in [0.2, 0.25) is 0 Å². The van der Waals surface area contributed by atoms with E-state index in [0.717, 1.165) is 6.54 Å². The first kappa shape index (κ1) is 10.0. The first-order chi connectivity index (χ1) is 6.24. The molecule has 0 fully saturated rings. The van der Waals surface area contributed by atoms with Gasteiger partial charge in [-0.05, 0) is 19.5 Å². The predicted octanol–water partition coefficient (Wildman–Crippen LogP) is 2.69. The van der Waals surface area contributed by atoms with Gasteiger partial charge in [0, 0.05) is 12.6 Å². The van der Waals surface area contributed by atoms with Gasteiger partial charge in [0.15, 0.2) is 0 Å². The minimum Gasteiger partial charge on any atom is -0.296 e. The Balaban J connectivity index is 2.54. The summed E-state index contributed by atoms with van der Waals surface area (Å²) in [6.07, 6.45) is 1.96. The normalized spacial score (nSPS) is 12.8. The van der Waals surface area contributed by atoms with E-state index in [1.54, 1.807) is 0 Å². The van der Waals surface area contributed by atoms with Gasteiger partial charge in [-0.2, -0.15) is 0 Å². The van der Waals surface area contributed by atoms with Crippen LogP contribution in [-0.2, 0) is 6.54 Å². The Kier molecular flexibility index (Phi) is 3.71. The van der Waals surface area contributed by atoms with Crippen molar-refractivity contribution in [2.75, 3.05) is 7.05 Å². The molecule has 1 aromatic rings. The summed E-state index contributed by atoms with van der Waals surface area (Å²) in [6, 6.07) is 10.9. The highest BCUT2D eigenvalue weighted by atomic mass is 15.1. The van der Waals surface area contributed by atoms with Crippen LogP contribution in [0.2, 0.25) is 0 Å². The van der Waals surface area contributed by atoms with Crippen molar-refractivity contribution in [3.63, 3.8) is 0 Å². The largest absolute Gasteiger partial charge is 0.296 e. The fourth-order valence-corrected chi connectivity index (χ4v) is 1.20. The molecule has 1 heteroatoms. The standard InChI is InChI=1S/C12H17N/c1-4-11(2)13(3)10-12-8-6-5-7-9-12/h4-9,11H,1,10H2,2-3H3. The summed E-state index contributed by atoms with van der Waals surface area (Å²) in [7, 11) is 2.11. The van der Waals surface area contributed by atoms with E-state index in [9.17, 15) is 0 Å². The zero-order valence-electron chi connectivity index (χ0n) is 8.40. The molecule has 0 aliphatic rings. The summed E-state index contributed by atoms with van der Waals surface area (Å²) in [5, 5.41) is 0. The predicted molar refractivity (Wildman–Crippen MR) is 57.6 cm³/mol. The van der Waals surface area contributed by atoms with Gasteiger partial charge in [-0.25, -0.2) is 0 Å². The number of hydrogen-bond donors (Lipinski definition) is 0. The van der Waals surface area contributed by atoms with Gasteiger partial charge in [-0.3, -0.25) is 4.90 Å². The molecule has 0 saturated heterocycles. The fraction of sp³-hybridized carbons (Fsp3) is 0.333. The smallest absolute Gasteiger partial charge is 0.0247 e. The number of hydrogen-bond acceptors (Lipinski definition) is 1. The quantitative estimate of drug-likeness (QED) is 0.636. The van der Waals surface area contributed by atoms with Crippen LogP contribution in [0, 0.1) is 0 Å². The van der Waals surface area contributed by atoms with Gasteiger partial charge in [0.05, 0.1) is 0 Å². The summed E-state index contributed by atoms with van der Waals surface area (Å²) >= 11 is 0. The Labute approximate surface area is 80.7 Å². The Morgan fingerprint density at radius 3 is 2.54 bits per heavy atom. The van der Waals surface area contributed by atoms with Crippen LogP contribution >= 0.6 is 0 Å². The van der Waals surface area contributed by atoms with Crippen LogP contribution in [0.4, 0.5) is 0 Å². The average molecular weight is 175 g/mol. The molecule has 1 aromatic carbocycles. The van der Waals surface area contributed by atoms with Crippen LogP contribution in [0.25, 0.3) is 0 Å². The maximum Gasteiger partial charge on any atom is 0.0247 e. The highest BCUT2D eigenvalue weighted by Gasteiger charge is 2.04. The first-order valence-electron chi connectivity index (χ1n) is 4.60. The first-order valence-corrected chi connectivity index (χ1v) is 4.60. The molecule has 0 aliphatic carbocycles. The maximum atomic E-state index is 3.78. The van der Waals surface area contributed by atoms with E-state index in [1.807, 2.05) is 12.1 Å². The Bertz CT molecular complexity index is 253. The summed E-state index contributed by atoms with van der Waals surface area (Å²) in [5.74, 6) is 0. The lowest BCUT2D eigenvalue weighted by atomic mass is 10.2. The molecule has 0 radical (unpaired) electrons. The Morgan fingerprint density at radius 1 is 1.38 bits per heavy atom. The molecule has 0 aromatic heterocycles. The lowest BCUT2D eigenvalue weighted by Crippen LogP contribution is -2.26. The lowest BCUT2D eigenvalue weighted by molar-refractivity contribution is 0.289. The van der Waals surface area contributed by atoms with Crippen molar-refractivity contribution in [3.05, 3.63) is 48.6 Å². The number of benzene rings is 1. The van der Waals surface area contributed by atoms with E-state index >= 15 is 0 Å². The molecule has 1 atom stereocenters. The van der Waals surface area contributed by atoms with Crippen molar-refractivity contribution in [1.29, 1.82) is 0 Å². The van der Waals surface area contributed by atoms with E-state index in [2.05, 4.69) is 49.7 Å². The summed E-state index contributed by atoms with van der Waals surface area (Å²) in [5.41, 5.74) is 1.35. The van der Waals surface area contributed by atoms with Crippen LogP contribution in [-0.4, -0.2) is 18.0 Å². The van der Waals surface area contributed by atoms with Crippen LogP contribution in [0.5, 0.6) is 0 Å². The molecule has 13 heavy (non-hydrogen) atoms. The van der Waals surface area contributed by atoms with Crippen molar-refractivity contribution in [2.24, 2.45) is 0 Å². The molecule has 0 aliphatic heterocycles. The number of rotatable bonds is 4.